The van der Waals surface area contributed by atoms with Gasteiger partial charge in [0.2, 0.25) is 5.82 Å². The molecule has 7 nitrogen and oxygen atoms in total. The van der Waals surface area contributed by atoms with Crippen molar-refractivity contribution in [2.45, 2.75) is 51.7 Å². The van der Waals surface area contributed by atoms with Crippen molar-refractivity contribution in [3.8, 4) is 0 Å². The fourth-order valence-corrected chi connectivity index (χ4v) is 2.73. The average molecular weight is 353 g/mol. The van der Waals surface area contributed by atoms with Crippen molar-refractivity contribution in [3.63, 3.8) is 0 Å². The maximum absolute atomic E-state index is 13.4. The van der Waals surface area contributed by atoms with Crippen LogP contribution in [0.3, 0.4) is 0 Å². The number of carbonyl (C=O) groups excluding carboxylic acids is 1. The van der Waals surface area contributed by atoms with Gasteiger partial charge in [-0.15, -0.1) is 0 Å². The second-order valence-corrected chi connectivity index (χ2v) is 7.16. The van der Waals surface area contributed by atoms with E-state index in [0.717, 1.165) is 18.9 Å². The summed E-state index contributed by atoms with van der Waals surface area (Å²) in [4.78, 5) is 23.9. The maximum atomic E-state index is 13.4. The Labute approximate surface area is 146 Å². The van der Waals surface area contributed by atoms with Gasteiger partial charge in [-0.25, -0.2) is 4.79 Å². The number of likely N-dealkylation sites (tertiary alicyclic amines) is 1. The number of amides is 1. The van der Waals surface area contributed by atoms with E-state index < -0.39 is 22.0 Å². The van der Waals surface area contributed by atoms with Gasteiger partial charge in [0, 0.05) is 30.9 Å². The maximum Gasteiger partial charge on any atom is 0.410 e. The SMILES string of the molecule is CC(C)(C)OC(=O)N1CCCC(Nc2ccc(F)c([N+](=O)[O-])c2)CC1. The summed E-state index contributed by atoms with van der Waals surface area (Å²) >= 11 is 0. The number of halogens is 1. The van der Waals surface area contributed by atoms with Crippen molar-refractivity contribution >= 4 is 17.5 Å². The van der Waals surface area contributed by atoms with Gasteiger partial charge in [-0.05, 0) is 52.2 Å². The number of anilines is 1. The topological polar surface area (TPSA) is 84.7 Å². The first-order valence-corrected chi connectivity index (χ1v) is 8.34. The van der Waals surface area contributed by atoms with Crippen LogP contribution in [0.15, 0.2) is 18.2 Å². The normalized spacial score (nSPS) is 18.4. The number of nitrogens with zero attached hydrogens (tertiary/aromatic N) is 2. The molecule has 0 spiro atoms. The third-order valence-corrected chi connectivity index (χ3v) is 3.89. The second-order valence-electron chi connectivity index (χ2n) is 7.16. The monoisotopic (exact) mass is 353 g/mol. The minimum Gasteiger partial charge on any atom is -0.444 e. The van der Waals surface area contributed by atoms with E-state index in [9.17, 15) is 19.3 Å². The van der Waals surface area contributed by atoms with Gasteiger partial charge in [-0.1, -0.05) is 0 Å². The van der Waals surface area contributed by atoms with Gasteiger partial charge in [0.1, 0.15) is 5.60 Å². The molecule has 0 saturated carbocycles. The van der Waals surface area contributed by atoms with Crippen LogP contribution in [0.2, 0.25) is 0 Å². The number of carbonyl (C=O) groups is 1. The van der Waals surface area contributed by atoms with E-state index in [4.69, 9.17) is 4.74 Å². The van der Waals surface area contributed by atoms with Crippen LogP contribution in [0.4, 0.5) is 20.6 Å². The highest BCUT2D eigenvalue weighted by molar-refractivity contribution is 5.68. The molecule has 1 atom stereocenters. The van der Waals surface area contributed by atoms with Crippen LogP contribution in [-0.2, 0) is 4.74 Å². The molecule has 0 radical (unpaired) electrons. The predicted molar refractivity (Wildman–Crippen MR) is 92.1 cm³/mol. The molecule has 1 unspecified atom stereocenters. The van der Waals surface area contributed by atoms with Crippen molar-refractivity contribution in [1.82, 2.24) is 4.90 Å². The molecular formula is C17H24FN3O4. The van der Waals surface area contributed by atoms with Gasteiger partial charge in [0.25, 0.3) is 0 Å². The largest absolute Gasteiger partial charge is 0.444 e. The van der Waals surface area contributed by atoms with Gasteiger partial charge in [-0.3, -0.25) is 10.1 Å². The summed E-state index contributed by atoms with van der Waals surface area (Å²) in [7, 11) is 0. The fourth-order valence-electron chi connectivity index (χ4n) is 2.73. The van der Waals surface area contributed by atoms with Crippen molar-refractivity contribution in [1.29, 1.82) is 0 Å². The minimum atomic E-state index is -0.854. The first-order valence-electron chi connectivity index (χ1n) is 8.34. The van der Waals surface area contributed by atoms with Gasteiger partial charge in [0.05, 0.1) is 4.92 Å². The third kappa shape index (κ3) is 5.58. The van der Waals surface area contributed by atoms with Gasteiger partial charge in [0.15, 0.2) is 0 Å². The minimum absolute atomic E-state index is 0.0532. The number of nitrogens with one attached hydrogen (secondary N) is 1. The summed E-state index contributed by atoms with van der Waals surface area (Å²) in [6.45, 7) is 6.63. The Morgan fingerprint density at radius 3 is 2.72 bits per heavy atom. The molecule has 1 aliphatic heterocycles. The Hall–Kier alpha value is -2.38. The van der Waals surface area contributed by atoms with Crippen LogP contribution in [0.1, 0.15) is 40.0 Å². The number of nitro benzene ring substituents is 1. The summed E-state index contributed by atoms with van der Waals surface area (Å²) < 4.78 is 18.8. The quantitative estimate of drug-likeness (QED) is 0.657. The van der Waals surface area contributed by atoms with Crippen LogP contribution in [0.25, 0.3) is 0 Å². The molecule has 1 heterocycles. The van der Waals surface area contributed by atoms with Crippen LogP contribution >= 0.6 is 0 Å². The standard InChI is InChI=1S/C17H24FN3O4/c1-17(2,3)25-16(22)20-9-4-5-12(8-10-20)19-13-6-7-14(18)15(11-13)21(23)24/h6-7,11-12,19H,4-5,8-10H2,1-3H3. The molecule has 1 fully saturated rings. The molecule has 1 aromatic carbocycles. The Morgan fingerprint density at radius 2 is 2.08 bits per heavy atom. The van der Waals surface area contributed by atoms with E-state index in [1.807, 2.05) is 20.8 Å². The molecule has 1 amide bonds. The molecule has 0 aromatic heterocycles. The lowest BCUT2D eigenvalue weighted by Gasteiger charge is -2.26. The summed E-state index contributed by atoms with van der Waals surface area (Å²) in [5.41, 5.74) is -0.577. The van der Waals surface area contributed by atoms with E-state index in [1.54, 1.807) is 4.90 Å². The summed E-state index contributed by atoms with van der Waals surface area (Å²) in [6.07, 6.45) is 1.96. The van der Waals surface area contributed by atoms with Crippen LogP contribution in [0, 0.1) is 15.9 Å². The molecule has 1 saturated heterocycles. The molecule has 138 valence electrons. The van der Waals surface area contributed by atoms with E-state index in [1.165, 1.54) is 12.1 Å². The molecule has 1 aliphatic rings. The van der Waals surface area contributed by atoms with E-state index in [-0.39, 0.29) is 12.1 Å². The van der Waals surface area contributed by atoms with Crippen molar-refractivity contribution in [3.05, 3.63) is 34.1 Å². The van der Waals surface area contributed by atoms with Crippen molar-refractivity contribution < 1.29 is 18.8 Å². The molecule has 0 aliphatic carbocycles. The Bertz CT molecular complexity index is 645. The highest BCUT2D eigenvalue weighted by Crippen LogP contribution is 2.24. The molecular weight excluding hydrogens is 329 g/mol. The molecule has 2 rings (SSSR count). The summed E-state index contributed by atoms with van der Waals surface area (Å²) in [6, 6.07) is 3.83. The molecule has 0 bridgehead atoms. The van der Waals surface area contributed by atoms with Gasteiger partial charge >= 0.3 is 11.8 Å². The lowest BCUT2D eigenvalue weighted by atomic mass is 10.1. The van der Waals surface area contributed by atoms with Crippen molar-refractivity contribution in [2.24, 2.45) is 0 Å². The third-order valence-electron chi connectivity index (χ3n) is 3.89. The number of rotatable bonds is 3. The first kappa shape index (κ1) is 19.0. The van der Waals surface area contributed by atoms with Gasteiger partial charge in [-0.2, -0.15) is 4.39 Å². The highest BCUT2D eigenvalue weighted by Gasteiger charge is 2.25. The zero-order chi connectivity index (χ0) is 18.6. The lowest BCUT2D eigenvalue weighted by Crippen LogP contribution is -2.37. The zero-order valence-electron chi connectivity index (χ0n) is 14.8. The highest BCUT2D eigenvalue weighted by atomic mass is 19.1. The Balaban J connectivity index is 1.96. The smallest absolute Gasteiger partial charge is 0.410 e. The lowest BCUT2D eigenvalue weighted by molar-refractivity contribution is -0.387. The molecule has 1 N–H and O–H groups in total. The molecule has 25 heavy (non-hydrogen) atoms. The molecule has 1 aromatic rings. The molecule has 8 heteroatoms. The van der Waals surface area contributed by atoms with Crippen LogP contribution in [-0.4, -0.2) is 40.6 Å². The van der Waals surface area contributed by atoms with E-state index in [2.05, 4.69) is 5.32 Å². The van der Waals surface area contributed by atoms with Crippen molar-refractivity contribution in [2.75, 3.05) is 18.4 Å². The first-order chi connectivity index (χ1) is 11.7. The van der Waals surface area contributed by atoms with E-state index >= 15 is 0 Å². The Morgan fingerprint density at radius 1 is 1.36 bits per heavy atom. The zero-order valence-corrected chi connectivity index (χ0v) is 14.8. The van der Waals surface area contributed by atoms with Crippen LogP contribution in [0.5, 0.6) is 0 Å². The average Bonchev–Trinajstić information content (AvgIpc) is 2.73. The number of nitro groups is 1. The fraction of sp³-hybridized carbons (Fsp3) is 0.588. The number of hydrogen-bond acceptors (Lipinski definition) is 5. The van der Waals surface area contributed by atoms with Crippen LogP contribution < -0.4 is 5.32 Å². The predicted octanol–water partition coefficient (Wildman–Crippen LogP) is 3.94. The number of hydrogen-bond donors (Lipinski definition) is 1. The Kier molecular flexibility index (Phi) is 5.81. The van der Waals surface area contributed by atoms with E-state index in [0.29, 0.717) is 25.2 Å². The summed E-state index contributed by atoms with van der Waals surface area (Å²) in [5.74, 6) is -0.854. The number of ether oxygens (including phenoxy) is 1. The number of benzene rings is 1. The summed E-state index contributed by atoms with van der Waals surface area (Å²) in [5, 5.41) is 14.0. The second kappa shape index (κ2) is 7.67. The van der Waals surface area contributed by atoms with Gasteiger partial charge < -0.3 is 15.0 Å².